The first-order chi connectivity index (χ1) is 11.5. The smallest absolute Gasteiger partial charge is 0.242 e. The molecule has 1 atom stereocenters. The highest BCUT2D eigenvalue weighted by Crippen LogP contribution is 2.32. The van der Waals surface area contributed by atoms with Gasteiger partial charge in [0.05, 0.1) is 0 Å². The van der Waals surface area contributed by atoms with E-state index in [1.165, 1.54) is 19.2 Å². The molecule has 1 aromatic carbocycles. The molecule has 7 nitrogen and oxygen atoms in total. The topological polar surface area (TPSA) is 94.6 Å². The van der Waals surface area contributed by atoms with Crippen LogP contribution in [0.1, 0.15) is 6.92 Å². The maximum absolute atomic E-state index is 12.4. The predicted octanol–water partition coefficient (Wildman–Crippen LogP) is 1.65. The lowest BCUT2D eigenvalue weighted by atomic mass is 10.2. The number of fused-ring (bicyclic) bond motifs is 1. The van der Waals surface area contributed by atoms with Crippen molar-refractivity contribution in [2.24, 2.45) is 0 Å². The number of hydrogen-bond acceptors (Lipinski definition) is 6. The van der Waals surface area contributed by atoms with Crippen LogP contribution in [0.3, 0.4) is 0 Å². The Morgan fingerprint density at radius 3 is 2.62 bits per heavy atom. The molecule has 1 amide bonds. The van der Waals surface area contributed by atoms with Crippen LogP contribution in [-0.2, 0) is 14.6 Å². The molecule has 0 radical (unpaired) electrons. The highest BCUT2D eigenvalue weighted by atomic mass is 32.2. The summed E-state index contributed by atoms with van der Waals surface area (Å²) in [6, 6.07) is 9.44. The maximum atomic E-state index is 12.4. The van der Waals surface area contributed by atoms with Crippen LogP contribution in [-0.4, -0.2) is 37.8 Å². The quantitative estimate of drug-likeness (QED) is 0.903. The molecule has 0 bridgehead atoms. The summed E-state index contributed by atoms with van der Waals surface area (Å²) in [5, 5.41) is 1.18. The SMILES string of the molecule is CC(C(=O)Nc1ccc2c(c1)OCCO2)S(=O)(=O)c1ccccn1. The fraction of sp³-hybridized carbons (Fsp3) is 0.250. The van der Waals surface area contributed by atoms with E-state index in [-0.39, 0.29) is 5.03 Å². The van der Waals surface area contributed by atoms with Crippen LogP contribution in [0, 0.1) is 0 Å². The van der Waals surface area contributed by atoms with Gasteiger partial charge < -0.3 is 14.8 Å². The zero-order chi connectivity index (χ0) is 17.2. The van der Waals surface area contributed by atoms with Crippen LogP contribution >= 0.6 is 0 Å². The minimum Gasteiger partial charge on any atom is -0.486 e. The van der Waals surface area contributed by atoms with Gasteiger partial charge in [-0.2, -0.15) is 0 Å². The zero-order valence-electron chi connectivity index (χ0n) is 12.9. The molecule has 1 aromatic heterocycles. The molecule has 1 unspecified atom stereocenters. The van der Waals surface area contributed by atoms with Crippen molar-refractivity contribution in [3.05, 3.63) is 42.6 Å². The van der Waals surface area contributed by atoms with E-state index in [1.54, 1.807) is 30.3 Å². The standard InChI is InChI=1S/C16H16N2O5S/c1-11(24(20,21)15-4-2-3-7-17-15)16(19)18-12-5-6-13-14(10-12)23-9-8-22-13/h2-7,10-11H,8-9H2,1H3,(H,18,19). The van der Waals surface area contributed by atoms with E-state index in [0.29, 0.717) is 30.4 Å². The number of pyridine rings is 1. The van der Waals surface area contributed by atoms with Gasteiger partial charge in [0.25, 0.3) is 0 Å². The number of carbonyl (C=O) groups is 1. The number of nitrogens with one attached hydrogen (secondary N) is 1. The predicted molar refractivity (Wildman–Crippen MR) is 86.9 cm³/mol. The van der Waals surface area contributed by atoms with Crippen LogP contribution in [0.4, 0.5) is 5.69 Å². The van der Waals surface area contributed by atoms with Crippen molar-refractivity contribution in [3.63, 3.8) is 0 Å². The Morgan fingerprint density at radius 1 is 1.17 bits per heavy atom. The van der Waals surface area contributed by atoms with Gasteiger partial charge in [0.1, 0.15) is 18.5 Å². The van der Waals surface area contributed by atoms with Gasteiger partial charge in [-0.15, -0.1) is 0 Å². The van der Waals surface area contributed by atoms with Crippen molar-refractivity contribution in [1.82, 2.24) is 4.98 Å². The van der Waals surface area contributed by atoms with Crippen LogP contribution in [0.5, 0.6) is 11.5 Å². The van der Waals surface area contributed by atoms with Crippen LogP contribution in [0.15, 0.2) is 47.6 Å². The summed E-state index contributed by atoms with van der Waals surface area (Å²) in [6.45, 7) is 2.23. The number of aromatic nitrogens is 1. The van der Waals surface area contributed by atoms with Gasteiger partial charge in [-0.05, 0) is 31.2 Å². The lowest BCUT2D eigenvalue weighted by Crippen LogP contribution is -2.33. The number of ether oxygens (including phenoxy) is 2. The van der Waals surface area contributed by atoms with E-state index >= 15 is 0 Å². The normalized spacial score (nSPS) is 14.7. The van der Waals surface area contributed by atoms with Crippen LogP contribution in [0.2, 0.25) is 0 Å². The number of benzene rings is 1. The highest BCUT2D eigenvalue weighted by Gasteiger charge is 2.31. The van der Waals surface area contributed by atoms with E-state index in [9.17, 15) is 13.2 Å². The maximum Gasteiger partial charge on any atom is 0.242 e. The largest absolute Gasteiger partial charge is 0.486 e. The molecule has 0 aliphatic carbocycles. The molecule has 24 heavy (non-hydrogen) atoms. The Kier molecular flexibility index (Phi) is 4.39. The van der Waals surface area contributed by atoms with Crippen LogP contribution < -0.4 is 14.8 Å². The summed E-state index contributed by atoms with van der Waals surface area (Å²) in [7, 11) is -3.85. The average molecular weight is 348 g/mol. The number of rotatable bonds is 4. The third kappa shape index (κ3) is 3.18. The van der Waals surface area contributed by atoms with Gasteiger partial charge in [-0.3, -0.25) is 4.79 Å². The molecule has 0 fully saturated rings. The van der Waals surface area contributed by atoms with E-state index in [1.807, 2.05) is 0 Å². The average Bonchev–Trinajstić information content (AvgIpc) is 2.61. The Hall–Kier alpha value is -2.61. The van der Waals surface area contributed by atoms with Crippen LogP contribution in [0.25, 0.3) is 0 Å². The molecule has 0 saturated heterocycles. The molecular formula is C16H16N2O5S. The molecule has 1 aliphatic heterocycles. The van der Waals surface area contributed by atoms with Crippen molar-refractivity contribution in [3.8, 4) is 11.5 Å². The highest BCUT2D eigenvalue weighted by molar-refractivity contribution is 7.92. The lowest BCUT2D eigenvalue weighted by Gasteiger charge is -2.19. The van der Waals surface area contributed by atoms with Crippen molar-refractivity contribution in [2.45, 2.75) is 17.2 Å². The van der Waals surface area contributed by atoms with E-state index in [2.05, 4.69) is 10.3 Å². The summed E-state index contributed by atoms with van der Waals surface area (Å²) in [5.41, 5.74) is 0.437. The van der Waals surface area contributed by atoms with Gasteiger partial charge in [-0.1, -0.05) is 6.07 Å². The Morgan fingerprint density at radius 2 is 1.92 bits per heavy atom. The van der Waals surface area contributed by atoms with Crippen molar-refractivity contribution in [2.75, 3.05) is 18.5 Å². The number of nitrogens with zero attached hydrogens (tertiary/aromatic N) is 1. The second-order valence-electron chi connectivity index (χ2n) is 5.20. The molecule has 126 valence electrons. The molecule has 3 rings (SSSR count). The minimum atomic E-state index is -3.85. The Bertz CT molecular complexity index is 852. The first kappa shape index (κ1) is 16.3. The van der Waals surface area contributed by atoms with Gasteiger partial charge in [-0.25, -0.2) is 13.4 Å². The van der Waals surface area contributed by atoms with Gasteiger partial charge >= 0.3 is 0 Å². The van der Waals surface area contributed by atoms with Gasteiger partial charge in [0.15, 0.2) is 16.5 Å². The molecule has 2 heterocycles. The monoisotopic (exact) mass is 348 g/mol. The molecule has 0 spiro atoms. The number of carbonyl (C=O) groups excluding carboxylic acids is 1. The Balaban J connectivity index is 1.77. The fourth-order valence-corrected chi connectivity index (χ4v) is 3.38. The summed E-state index contributed by atoms with van der Waals surface area (Å²) < 4.78 is 35.7. The second kappa shape index (κ2) is 6.48. The fourth-order valence-electron chi connectivity index (χ4n) is 2.20. The number of sulfone groups is 1. The van der Waals surface area contributed by atoms with Crippen molar-refractivity contribution < 1.29 is 22.7 Å². The summed E-state index contributed by atoms with van der Waals surface area (Å²) in [4.78, 5) is 16.1. The molecule has 0 saturated carbocycles. The molecular weight excluding hydrogens is 332 g/mol. The van der Waals surface area contributed by atoms with Gasteiger partial charge in [0.2, 0.25) is 15.7 Å². The zero-order valence-corrected chi connectivity index (χ0v) is 13.7. The number of amides is 1. The van der Waals surface area contributed by atoms with Crippen molar-refractivity contribution >= 4 is 21.4 Å². The van der Waals surface area contributed by atoms with E-state index in [0.717, 1.165) is 0 Å². The summed E-state index contributed by atoms with van der Waals surface area (Å²) in [6.07, 6.45) is 1.37. The summed E-state index contributed by atoms with van der Waals surface area (Å²) >= 11 is 0. The summed E-state index contributed by atoms with van der Waals surface area (Å²) in [5.74, 6) is 0.463. The first-order valence-electron chi connectivity index (χ1n) is 7.34. The molecule has 8 heteroatoms. The van der Waals surface area contributed by atoms with E-state index in [4.69, 9.17) is 9.47 Å². The first-order valence-corrected chi connectivity index (χ1v) is 8.88. The molecule has 1 N–H and O–H groups in total. The number of anilines is 1. The third-order valence-electron chi connectivity index (χ3n) is 3.57. The number of hydrogen-bond donors (Lipinski definition) is 1. The third-order valence-corrected chi connectivity index (χ3v) is 5.54. The minimum absolute atomic E-state index is 0.130. The lowest BCUT2D eigenvalue weighted by molar-refractivity contribution is -0.115. The molecule has 1 aliphatic rings. The second-order valence-corrected chi connectivity index (χ2v) is 7.42. The van der Waals surface area contributed by atoms with Crippen molar-refractivity contribution in [1.29, 1.82) is 0 Å². The molecule has 2 aromatic rings. The van der Waals surface area contributed by atoms with Gasteiger partial charge in [0, 0.05) is 18.0 Å². The Labute approximate surface area is 139 Å². The van der Waals surface area contributed by atoms with E-state index < -0.39 is 21.0 Å².